The number of imidazole rings is 1. The summed E-state index contributed by atoms with van der Waals surface area (Å²) in [5.41, 5.74) is -0.144. The molecule has 0 spiro atoms. The van der Waals surface area contributed by atoms with Gasteiger partial charge in [0.1, 0.15) is 11.4 Å². The quantitative estimate of drug-likeness (QED) is 0.911. The van der Waals surface area contributed by atoms with Crippen LogP contribution in [-0.2, 0) is 13.0 Å². The summed E-state index contributed by atoms with van der Waals surface area (Å²) in [7, 11) is 1.75. The van der Waals surface area contributed by atoms with E-state index < -0.39 is 0 Å². The van der Waals surface area contributed by atoms with E-state index in [1.807, 2.05) is 12.4 Å². The number of aromatic nitrogens is 3. The van der Waals surface area contributed by atoms with Crippen LogP contribution in [0.3, 0.4) is 0 Å². The number of nitrogens with one attached hydrogen (secondary N) is 1. The van der Waals surface area contributed by atoms with Crippen LogP contribution in [0.25, 0.3) is 0 Å². The van der Waals surface area contributed by atoms with Gasteiger partial charge in [-0.2, -0.15) is 0 Å². The lowest BCUT2D eigenvalue weighted by molar-refractivity contribution is 0.0758. The summed E-state index contributed by atoms with van der Waals surface area (Å²) in [5, 5.41) is 0. The van der Waals surface area contributed by atoms with Crippen molar-refractivity contribution in [2.45, 2.75) is 19.4 Å². The van der Waals surface area contributed by atoms with Crippen LogP contribution >= 0.6 is 0 Å². The van der Waals surface area contributed by atoms with Crippen molar-refractivity contribution < 1.29 is 4.79 Å². The molecule has 1 aliphatic rings. The zero-order valence-electron chi connectivity index (χ0n) is 12.0. The van der Waals surface area contributed by atoms with Crippen LogP contribution in [0, 0.1) is 5.92 Å². The molecule has 6 nitrogen and oxygen atoms in total. The summed E-state index contributed by atoms with van der Waals surface area (Å²) in [6.45, 7) is 1.52. The third kappa shape index (κ3) is 2.74. The molecular weight excluding hydrogens is 268 g/mol. The van der Waals surface area contributed by atoms with Crippen LogP contribution in [0.1, 0.15) is 22.6 Å². The van der Waals surface area contributed by atoms with Crippen LogP contribution in [0.5, 0.6) is 0 Å². The van der Waals surface area contributed by atoms with Gasteiger partial charge >= 0.3 is 0 Å². The number of rotatable bonds is 3. The zero-order chi connectivity index (χ0) is 14.8. The van der Waals surface area contributed by atoms with E-state index in [-0.39, 0.29) is 17.0 Å². The van der Waals surface area contributed by atoms with Gasteiger partial charge in [-0.25, -0.2) is 4.98 Å². The summed E-state index contributed by atoms with van der Waals surface area (Å²) >= 11 is 0. The van der Waals surface area contributed by atoms with Gasteiger partial charge in [0.15, 0.2) is 0 Å². The number of aromatic amines is 1. The molecule has 2 aromatic rings. The maximum atomic E-state index is 12.3. The van der Waals surface area contributed by atoms with Gasteiger partial charge in [0.25, 0.3) is 11.5 Å². The lowest BCUT2D eigenvalue weighted by atomic mass is 9.98. The van der Waals surface area contributed by atoms with Crippen molar-refractivity contribution in [2.75, 3.05) is 13.6 Å². The van der Waals surface area contributed by atoms with Gasteiger partial charge in [0.05, 0.1) is 0 Å². The highest BCUT2D eigenvalue weighted by molar-refractivity contribution is 5.93. The van der Waals surface area contributed by atoms with Crippen LogP contribution in [0.2, 0.25) is 0 Å². The highest BCUT2D eigenvalue weighted by atomic mass is 16.2. The molecule has 2 aromatic heterocycles. The fourth-order valence-electron chi connectivity index (χ4n) is 2.85. The fourth-order valence-corrected chi connectivity index (χ4v) is 2.85. The van der Waals surface area contributed by atoms with E-state index in [1.165, 1.54) is 6.20 Å². The van der Waals surface area contributed by atoms with E-state index in [2.05, 4.69) is 14.5 Å². The number of hydrogen-bond acceptors (Lipinski definition) is 3. The highest BCUT2D eigenvalue weighted by Crippen LogP contribution is 2.19. The first-order chi connectivity index (χ1) is 10.1. The first-order valence-corrected chi connectivity index (χ1v) is 7.08. The number of H-pyrrole nitrogens is 1. The molecule has 1 atom stereocenters. The maximum absolute atomic E-state index is 12.3. The molecule has 0 radical (unpaired) electrons. The van der Waals surface area contributed by atoms with Crippen molar-refractivity contribution in [2.24, 2.45) is 5.92 Å². The Morgan fingerprint density at radius 3 is 3.24 bits per heavy atom. The van der Waals surface area contributed by atoms with Gasteiger partial charge in [-0.1, -0.05) is 0 Å². The van der Waals surface area contributed by atoms with Crippen LogP contribution in [-0.4, -0.2) is 38.9 Å². The Labute approximate surface area is 122 Å². The first kappa shape index (κ1) is 13.6. The molecule has 3 rings (SSSR count). The van der Waals surface area contributed by atoms with Crippen molar-refractivity contribution in [1.29, 1.82) is 0 Å². The molecule has 0 aliphatic carbocycles. The standard InChI is InChI=1S/C15H18N4O2/c1-18(15(21)12-3-2-6-17-14(12)20)9-11-4-5-13-16-7-8-19(13)10-11/h2-3,6-8,11H,4-5,9-10H2,1H3,(H,17,20). The number of amides is 1. The Bertz CT molecular complexity index is 703. The average molecular weight is 286 g/mol. The van der Waals surface area contributed by atoms with E-state index >= 15 is 0 Å². The highest BCUT2D eigenvalue weighted by Gasteiger charge is 2.23. The van der Waals surface area contributed by atoms with Gasteiger partial charge in [-0.15, -0.1) is 0 Å². The molecular formula is C15H18N4O2. The van der Waals surface area contributed by atoms with Crippen molar-refractivity contribution in [1.82, 2.24) is 19.4 Å². The summed E-state index contributed by atoms with van der Waals surface area (Å²) < 4.78 is 2.14. The molecule has 110 valence electrons. The van der Waals surface area contributed by atoms with E-state index in [9.17, 15) is 9.59 Å². The first-order valence-electron chi connectivity index (χ1n) is 7.08. The van der Waals surface area contributed by atoms with Gasteiger partial charge in [0.2, 0.25) is 0 Å². The smallest absolute Gasteiger partial charge is 0.260 e. The van der Waals surface area contributed by atoms with Crippen LogP contribution in [0.15, 0.2) is 35.5 Å². The predicted octanol–water partition coefficient (Wildman–Crippen LogP) is 0.906. The van der Waals surface area contributed by atoms with Gasteiger partial charge < -0.3 is 14.5 Å². The van der Waals surface area contributed by atoms with Crippen LogP contribution < -0.4 is 5.56 Å². The third-order valence-corrected chi connectivity index (χ3v) is 3.96. The Hall–Kier alpha value is -2.37. The lowest BCUT2D eigenvalue weighted by Gasteiger charge is -2.28. The summed E-state index contributed by atoms with van der Waals surface area (Å²) in [4.78, 5) is 32.5. The Morgan fingerprint density at radius 1 is 1.57 bits per heavy atom. The zero-order valence-corrected chi connectivity index (χ0v) is 12.0. The molecule has 6 heteroatoms. The molecule has 0 saturated carbocycles. The minimum absolute atomic E-state index is 0.194. The third-order valence-electron chi connectivity index (χ3n) is 3.96. The Morgan fingerprint density at radius 2 is 2.43 bits per heavy atom. The van der Waals surface area contributed by atoms with E-state index in [0.717, 1.165) is 25.2 Å². The molecule has 0 fully saturated rings. The average Bonchev–Trinajstić information content (AvgIpc) is 2.94. The van der Waals surface area contributed by atoms with Crippen LogP contribution in [0.4, 0.5) is 0 Å². The summed E-state index contributed by atoms with van der Waals surface area (Å²) in [6.07, 6.45) is 7.27. The second kappa shape index (κ2) is 5.55. The second-order valence-corrected chi connectivity index (χ2v) is 5.50. The Kier molecular flexibility index (Phi) is 3.60. The monoisotopic (exact) mass is 286 g/mol. The topological polar surface area (TPSA) is 71.0 Å². The molecule has 0 saturated heterocycles. The SMILES string of the molecule is CN(CC1CCc2nccn2C1)C(=O)c1ccc[nH]c1=O. The number of fused-ring (bicyclic) bond motifs is 1. The minimum atomic E-state index is -0.338. The van der Waals surface area contributed by atoms with E-state index in [4.69, 9.17) is 0 Å². The van der Waals surface area contributed by atoms with Crippen molar-refractivity contribution in [3.63, 3.8) is 0 Å². The van der Waals surface area contributed by atoms with Crippen molar-refractivity contribution in [3.8, 4) is 0 Å². The number of nitrogens with zero attached hydrogens (tertiary/aromatic N) is 3. The van der Waals surface area contributed by atoms with E-state index in [0.29, 0.717) is 12.5 Å². The number of hydrogen-bond donors (Lipinski definition) is 1. The van der Waals surface area contributed by atoms with Gasteiger partial charge in [-0.05, 0) is 24.5 Å². The maximum Gasteiger partial charge on any atom is 0.260 e. The molecule has 1 N–H and O–H groups in total. The minimum Gasteiger partial charge on any atom is -0.341 e. The normalized spacial score (nSPS) is 17.3. The lowest BCUT2D eigenvalue weighted by Crippen LogP contribution is -2.37. The molecule has 3 heterocycles. The molecule has 21 heavy (non-hydrogen) atoms. The molecule has 0 aromatic carbocycles. The number of carbonyl (C=O) groups is 1. The largest absolute Gasteiger partial charge is 0.341 e. The predicted molar refractivity (Wildman–Crippen MR) is 78.1 cm³/mol. The summed E-state index contributed by atoms with van der Waals surface area (Å²) in [5.74, 6) is 1.27. The number of pyridine rings is 1. The van der Waals surface area contributed by atoms with E-state index in [1.54, 1.807) is 24.1 Å². The Balaban J connectivity index is 1.67. The second-order valence-electron chi connectivity index (χ2n) is 5.50. The van der Waals surface area contributed by atoms with Gasteiger partial charge in [-0.3, -0.25) is 9.59 Å². The molecule has 1 amide bonds. The van der Waals surface area contributed by atoms with Crippen molar-refractivity contribution >= 4 is 5.91 Å². The fraction of sp³-hybridized carbons (Fsp3) is 0.400. The summed E-state index contributed by atoms with van der Waals surface area (Å²) in [6, 6.07) is 3.23. The molecule has 1 aliphatic heterocycles. The number of carbonyl (C=O) groups excluding carboxylic acids is 1. The molecule has 0 bridgehead atoms. The molecule has 1 unspecified atom stereocenters. The number of aryl methyl sites for hydroxylation is 1. The van der Waals surface area contributed by atoms with Gasteiger partial charge in [0, 0.05) is 45.1 Å². The van der Waals surface area contributed by atoms with Crippen molar-refractivity contribution in [3.05, 3.63) is 52.5 Å².